The summed E-state index contributed by atoms with van der Waals surface area (Å²) >= 11 is 0. The minimum absolute atomic E-state index is 0.209. The number of nitrogens with zero attached hydrogens (tertiary/aromatic N) is 2. The fourth-order valence-electron chi connectivity index (χ4n) is 4.78. The lowest BCUT2D eigenvalue weighted by molar-refractivity contribution is -0.120. The normalized spacial score (nSPS) is 17.3. The number of fused-ring (bicyclic) bond motifs is 1. The van der Waals surface area contributed by atoms with E-state index in [1.807, 2.05) is 66.7 Å². The van der Waals surface area contributed by atoms with Crippen molar-refractivity contribution in [3.05, 3.63) is 101 Å². The smallest absolute Gasteiger partial charge is 0.272 e. The van der Waals surface area contributed by atoms with Crippen molar-refractivity contribution in [3.8, 4) is 0 Å². The summed E-state index contributed by atoms with van der Waals surface area (Å²) in [6.45, 7) is 0.610. The van der Waals surface area contributed by atoms with Gasteiger partial charge in [0.15, 0.2) is 0 Å². The van der Waals surface area contributed by atoms with Crippen molar-refractivity contribution in [1.82, 2.24) is 10.3 Å². The lowest BCUT2D eigenvalue weighted by atomic mass is 9.93. The summed E-state index contributed by atoms with van der Waals surface area (Å²) in [4.78, 5) is 36.6. The van der Waals surface area contributed by atoms with Gasteiger partial charge in [-0.1, -0.05) is 66.7 Å². The number of benzene rings is 3. The molecule has 4 aromatic rings. The fraction of sp³-hybridized carbons (Fsp3) is 0.148. The van der Waals surface area contributed by atoms with Gasteiger partial charge in [-0.15, -0.1) is 0 Å². The summed E-state index contributed by atoms with van der Waals surface area (Å²) in [5.74, 6) is -0.567. The molecule has 0 fully saturated rings. The molecular formula is C27H22N4O2. The van der Waals surface area contributed by atoms with Gasteiger partial charge in [0.2, 0.25) is 6.17 Å². The topological polar surface area (TPSA) is 77.6 Å². The van der Waals surface area contributed by atoms with Gasteiger partial charge in [-0.25, -0.2) is 4.99 Å². The van der Waals surface area contributed by atoms with Gasteiger partial charge in [0.25, 0.3) is 11.8 Å². The van der Waals surface area contributed by atoms with Crippen molar-refractivity contribution >= 4 is 34.1 Å². The number of carbonyl (C=O) groups excluding carboxylic acids is 2. The number of H-pyrrole nitrogens is 1. The Kier molecular flexibility index (Phi) is 4.57. The standard InChI is InChI=1S/C27H22N4O2/c32-26(22-16-19-10-4-5-14-21(19)28-22)30-25-27(33)31-15-7-12-18-11-6-13-20(24(18)31)23(29-25)17-8-2-1-3-9-17/h1-6,8-11,13-14,16,25,28H,7,12,15H2,(H,30,32)/t25-/m1/s1. The first-order valence-electron chi connectivity index (χ1n) is 11.1. The number of carbonyl (C=O) groups is 2. The molecule has 0 radical (unpaired) electrons. The highest BCUT2D eigenvalue weighted by Crippen LogP contribution is 2.35. The second-order valence-electron chi connectivity index (χ2n) is 8.40. The van der Waals surface area contributed by atoms with E-state index in [1.165, 1.54) is 0 Å². The Labute approximate surface area is 191 Å². The first-order chi connectivity index (χ1) is 16.2. The van der Waals surface area contributed by atoms with Crippen LogP contribution in [0.25, 0.3) is 10.9 Å². The number of rotatable bonds is 3. The zero-order valence-electron chi connectivity index (χ0n) is 17.9. The molecule has 1 atom stereocenters. The van der Waals surface area contributed by atoms with E-state index in [1.54, 1.807) is 11.0 Å². The largest absolute Gasteiger partial charge is 0.351 e. The fourth-order valence-corrected chi connectivity index (χ4v) is 4.78. The van der Waals surface area contributed by atoms with Gasteiger partial charge in [-0.05, 0) is 30.5 Å². The van der Waals surface area contributed by atoms with Crippen LogP contribution < -0.4 is 10.2 Å². The molecule has 3 aromatic carbocycles. The van der Waals surface area contributed by atoms with Crippen LogP contribution in [0.3, 0.4) is 0 Å². The molecule has 2 aliphatic heterocycles. The Balaban J connectivity index is 1.44. The van der Waals surface area contributed by atoms with E-state index < -0.39 is 6.17 Å². The highest BCUT2D eigenvalue weighted by Gasteiger charge is 2.36. The molecule has 0 bridgehead atoms. The summed E-state index contributed by atoms with van der Waals surface area (Å²) in [5.41, 5.74) is 5.88. The Morgan fingerprint density at radius 3 is 2.67 bits per heavy atom. The molecular weight excluding hydrogens is 412 g/mol. The first-order valence-corrected chi connectivity index (χ1v) is 11.1. The molecule has 162 valence electrons. The monoisotopic (exact) mass is 434 g/mol. The van der Waals surface area contributed by atoms with E-state index in [9.17, 15) is 9.59 Å². The van der Waals surface area contributed by atoms with Gasteiger partial charge in [0, 0.05) is 28.6 Å². The number of hydrogen-bond acceptors (Lipinski definition) is 3. The molecule has 2 N–H and O–H groups in total. The van der Waals surface area contributed by atoms with Crippen LogP contribution in [0.4, 0.5) is 5.69 Å². The van der Waals surface area contributed by atoms with E-state index in [-0.39, 0.29) is 11.8 Å². The van der Waals surface area contributed by atoms with Crippen LogP contribution in [0.15, 0.2) is 83.9 Å². The van der Waals surface area contributed by atoms with Gasteiger partial charge in [0.1, 0.15) is 5.69 Å². The van der Waals surface area contributed by atoms with Crippen molar-refractivity contribution in [2.45, 2.75) is 19.0 Å². The van der Waals surface area contributed by atoms with Crippen molar-refractivity contribution in [3.63, 3.8) is 0 Å². The molecule has 6 nitrogen and oxygen atoms in total. The molecule has 0 saturated carbocycles. The number of amides is 2. The van der Waals surface area contributed by atoms with E-state index in [0.717, 1.165) is 46.1 Å². The average Bonchev–Trinajstić information content (AvgIpc) is 3.26. The zero-order chi connectivity index (χ0) is 22.4. The molecule has 0 saturated heterocycles. The Morgan fingerprint density at radius 2 is 1.82 bits per heavy atom. The maximum Gasteiger partial charge on any atom is 0.272 e. The lowest BCUT2D eigenvalue weighted by Gasteiger charge is -2.31. The second kappa shape index (κ2) is 7.74. The minimum Gasteiger partial charge on any atom is -0.351 e. The van der Waals surface area contributed by atoms with Crippen molar-refractivity contribution in [1.29, 1.82) is 0 Å². The highest BCUT2D eigenvalue weighted by molar-refractivity contribution is 6.21. The van der Waals surface area contributed by atoms with Crippen LogP contribution in [-0.2, 0) is 11.2 Å². The molecule has 2 amide bonds. The summed E-state index contributed by atoms with van der Waals surface area (Å²) in [7, 11) is 0. The number of aromatic nitrogens is 1. The number of aliphatic imine (C=N–C) groups is 1. The molecule has 3 heterocycles. The predicted molar refractivity (Wildman–Crippen MR) is 129 cm³/mol. The van der Waals surface area contributed by atoms with Crippen molar-refractivity contribution < 1.29 is 9.59 Å². The maximum atomic E-state index is 13.6. The van der Waals surface area contributed by atoms with Crippen molar-refractivity contribution in [2.75, 3.05) is 11.4 Å². The summed E-state index contributed by atoms with van der Waals surface area (Å²) < 4.78 is 0. The quantitative estimate of drug-likeness (QED) is 0.510. The van der Waals surface area contributed by atoms with E-state index in [4.69, 9.17) is 4.99 Å². The number of anilines is 1. The van der Waals surface area contributed by atoms with Crippen LogP contribution in [-0.4, -0.2) is 35.2 Å². The number of nitrogens with one attached hydrogen (secondary N) is 2. The third kappa shape index (κ3) is 3.31. The Morgan fingerprint density at radius 1 is 1.00 bits per heavy atom. The molecule has 0 aliphatic carbocycles. The molecule has 1 aromatic heterocycles. The Bertz CT molecular complexity index is 1390. The second-order valence-corrected chi connectivity index (χ2v) is 8.40. The molecule has 2 aliphatic rings. The molecule has 6 rings (SSSR count). The lowest BCUT2D eigenvalue weighted by Crippen LogP contribution is -2.48. The zero-order valence-corrected chi connectivity index (χ0v) is 17.9. The summed E-state index contributed by atoms with van der Waals surface area (Å²) in [6, 6.07) is 25.4. The van der Waals surface area contributed by atoms with Crippen LogP contribution in [0, 0.1) is 0 Å². The third-order valence-corrected chi connectivity index (χ3v) is 6.32. The van der Waals surface area contributed by atoms with Crippen LogP contribution in [0.5, 0.6) is 0 Å². The minimum atomic E-state index is -1.02. The predicted octanol–water partition coefficient (Wildman–Crippen LogP) is 4.05. The van der Waals surface area contributed by atoms with E-state index in [0.29, 0.717) is 18.0 Å². The molecule has 0 spiro atoms. The summed E-state index contributed by atoms with van der Waals surface area (Å²) in [6.07, 6.45) is 0.782. The number of aryl methyl sites for hydroxylation is 1. The van der Waals surface area contributed by atoms with Crippen LogP contribution in [0.1, 0.15) is 33.6 Å². The van der Waals surface area contributed by atoms with Crippen molar-refractivity contribution in [2.24, 2.45) is 4.99 Å². The first kappa shape index (κ1) is 19.5. The SMILES string of the molecule is O=C(N[C@H]1N=C(c2ccccc2)c2cccc3c2N(CCC3)C1=O)c1cc2ccccc2[nH]1. The van der Waals surface area contributed by atoms with Gasteiger partial charge in [-0.3, -0.25) is 9.59 Å². The maximum absolute atomic E-state index is 13.6. The van der Waals surface area contributed by atoms with Crippen LogP contribution >= 0.6 is 0 Å². The number of hydrogen-bond donors (Lipinski definition) is 2. The number of aromatic amines is 1. The highest BCUT2D eigenvalue weighted by atomic mass is 16.2. The average molecular weight is 434 g/mol. The van der Waals surface area contributed by atoms with E-state index >= 15 is 0 Å². The number of para-hydroxylation sites is 2. The summed E-state index contributed by atoms with van der Waals surface area (Å²) in [5, 5.41) is 3.82. The van der Waals surface area contributed by atoms with Gasteiger partial charge >= 0.3 is 0 Å². The molecule has 6 heteroatoms. The van der Waals surface area contributed by atoms with Gasteiger partial charge in [0.05, 0.1) is 11.4 Å². The Hall–Kier alpha value is -4.19. The molecule has 33 heavy (non-hydrogen) atoms. The van der Waals surface area contributed by atoms with E-state index in [2.05, 4.69) is 16.4 Å². The van der Waals surface area contributed by atoms with Gasteiger partial charge in [-0.2, -0.15) is 0 Å². The third-order valence-electron chi connectivity index (χ3n) is 6.32. The van der Waals surface area contributed by atoms with Crippen LogP contribution in [0.2, 0.25) is 0 Å². The molecule has 0 unspecified atom stereocenters. The van der Waals surface area contributed by atoms with Gasteiger partial charge < -0.3 is 15.2 Å².